The summed E-state index contributed by atoms with van der Waals surface area (Å²) in [5.74, 6) is -0.709. The average Bonchev–Trinajstić information content (AvgIpc) is 3.16. The van der Waals surface area contributed by atoms with Crippen LogP contribution in [0.3, 0.4) is 0 Å². The molecule has 0 unspecified atom stereocenters. The second-order valence-electron chi connectivity index (χ2n) is 7.26. The molecule has 0 aromatic heterocycles. The largest absolute Gasteiger partial charge is 0.395 e. The molecule has 3 N–H and O–H groups in total. The molecule has 2 atom stereocenters. The number of aliphatic hydroxyl groups is 1. The van der Waals surface area contributed by atoms with Gasteiger partial charge in [-0.15, -0.1) is 0 Å². The van der Waals surface area contributed by atoms with E-state index in [1.165, 1.54) is 4.90 Å². The molecule has 0 bridgehead atoms. The quantitative estimate of drug-likeness (QED) is 0.332. The van der Waals surface area contributed by atoms with E-state index in [9.17, 15) is 19.2 Å². The Morgan fingerprint density at radius 2 is 2.00 bits per heavy atom. The predicted molar refractivity (Wildman–Crippen MR) is 104 cm³/mol. The smallest absolute Gasteiger partial charge is 0.249 e. The molecular weight excluding hydrogens is 364 g/mol. The first-order valence-corrected chi connectivity index (χ1v) is 9.55. The standard InChI is InChI=1S/C19H32N4O5/c1-13(2)16(22(4)17(26)11-20-12-25)10-14(3)19(28)23-8-5-6-15(23)18(27)21-7-9-24/h10,12-13,15-16,24H,5-9,11H2,1-4H3,(H,20,25)(H,21,27)/t15-,16+/m0/s1. The highest BCUT2D eigenvalue weighted by Gasteiger charge is 2.34. The lowest BCUT2D eigenvalue weighted by atomic mass is 9.99. The van der Waals surface area contributed by atoms with Gasteiger partial charge in [0.1, 0.15) is 6.04 Å². The van der Waals surface area contributed by atoms with Gasteiger partial charge in [0.25, 0.3) is 0 Å². The van der Waals surface area contributed by atoms with Crippen LogP contribution in [0.1, 0.15) is 33.6 Å². The maximum Gasteiger partial charge on any atom is 0.249 e. The van der Waals surface area contributed by atoms with Crippen LogP contribution in [0, 0.1) is 5.92 Å². The maximum absolute atomic E-state index is 12.9. The van der Waals surface area contributed by atoms with E-state index >= 15 is 0 Å². The molecule has 0 spiro atoms. The first kappa shape index (κ1) is 23.6. The fourth-order valence-corrected chi connectivity index (χ4v) is 3.30. The molecule has 0 aromatic rings. The van der Waals surface area contributed by atoms with Crippen LogP contribution in [0.25, 0.3) is 0 Å². The van der Waals surface area contributed by atoms with Crippen LogP contribution in [0.5, 0.6) is 0 Å². The Bertz CT molecular complexity index is 605. The van der Waals surface area contributed by atoms with Gasteiger partial charge < -0.3 is 25.5 Å². The van der Waals surface area contributed by atoms with E-state index in [4.69, 9.17) is 5.11 Å². The Kier molecular flexibility index (Phi) is 9.64. The molecule has 0 aliphatic carbocycles. The molecule has 0 aromatic carbocycles. The number of carbonyl (C=O) groups excluding carboxylic acids is 4. The minimum Gasteiger partial charge on any atom is -0.395 e. The predicted octanol–water partition coefficient (Wildman–Crippen LogP) is -0.739. The number of carbonyl (C=O) groups is 4. The normalized spacial score (nSPS) is 18.0. The van der Waals surface area contributed by atoms with Crippen molar-refractivity contribution in [2.75, 3.05) is 33.3 Å². The fourth-order valence-electron chi connectivity index (χ4n) is 3.30. The first-order chi connectivity index (χ1) is 13.2. The third kappa shape index (κ3) is 6.33. The molecule has 158 valence electrons. The third-order valence-corrected chi connectivity index (χ3v) is 4.85. The zero-order chi connectivity index (χ0) is 21.3. The van der Waals surface area contributed by atoms with E-state index in [0.717, 1.165) is 6.42 Å². The summed E-state index contributed by atoms with van der Waals surface area (Å²) in [5.41, 5.74) is 0.462. The summed E-state index contributed by atoms with van der Waals surface area (Å²) in [5, 5.41) is 13.8. The Morgan fingerprint density at radius 3 is 2.57 bits per heavy atom. The van der Waals surface area contributed by atoms with E-state index in [0.29, 0.717) is 24.9 Å². The Labute approximate surface area is 166 Å². The van der Waals surface area contributed by atoms with Crippen LogP contribution in [-0.4, -0.2) is 84.4 Å². The number of hydrogen-bond acceptors (Lipinski definition) is 5. The van der Waals surface area contributed by atoms with E-state index in [1.54, 1.807) is 24.9 Å². The molecule has 1 heterocycles. The van der Waals surface area contributed by atoms with Gasteiger partial charge in [-0.25, -0.2) is 0 Å². The van der Waals surface area contributed by atoms with Crippen LogP contribution in [0.4, 0.5) is 0 Å². The Hall–Kier alpha value is -2.42. The highest BCUT2D eigenvalue weighted by Crippen LogP contribution is 2.21. The van der Waals surface area contributed by atoms with Gasteiger partial charge >= 0.3 is 0 Å². The summed E-state index contributed by atoms with van der Waals surface area (Å²) in [4.78, 5) is 50.8. The van der Waals surface area contributed by atoms with Crippen LogP contribution < -0.4 is 10.6 Å². The molecule has 1 aliphatic rings. The fraction of sp³-hybridized carbons (Fsp3) is 0.684. The van der Waals surface area contributed by atoms with Crippen LogP contribution in [0.2, 0.25) is 0 Å². The molecular formula is C19H32N4O5. The molecule has 4 amide bonds. The number of likely N-dealkylation sites (tertiary alicyclic amines) is 1. The number of hydrogen-bond donors (Lipinski definition) is 3. The first-order valence-electron chi connectivity index (χ1n) is 9.55. The van der Waals surface area contributed by atoms with Gasteiger partial charge in [0.2, 0.25) is 24.1 Å². The topological polar surface area (TPSA) is 119 Å². The SMILES string of the molecule is CC(=C[C@H](C(C)C)N(C)C(=O)CNC=O)C(=O)N1CCC[C@H]1C(=O)NCCO. The van der Waals surface area contributed by atoms with Gasteiger partial charge in [0.15, 0.2) is 0 Å². The second-order valence-corrected chi connectivity index (χ2v) is 7.26. The summed E-state index contributed by atoms with van der Waals surface area (Å²) in [6, 6.07) is -0.870. The summed E-state index contributed by atoms with van der Waals surface area (Å²) in [6.45, 7) is 5.95. The zero-order valence-corrected chi connectivity index (χ0v) is 17.1. The lowest BCUT2D eigenvalue weighted by Crippen LogP contribution is -2.47. The molecule has 1 fully saturated rings. The summed E-state index contributed by atoms with van der Waals surface area (Å²) in [7, 11) is 1.63. The van der Waals surface area contributed by atoms with E-state index in [-0.39, 0.29) is 49.4 Å². The van der Waals surface area contributed by atoms with Crippen LogP contribution in [-0.2, 0) is 19.2 Å². The summed E-state index contributed by atoms with van der Waals surface area (Å²) < 4.78 is 0. The van der Waals surface area contributed by atoms with Crippen molar-refractivity contribution in [3.63, 3.8) is 0 Å². The third-order valence-electron chi connectivity index (χ3n) is 4.85. The monoisotopic (exact) mass is 396 g/mol. The zero-order valence-electron chi connectivity index (χ0n) is 17.1. The van der Waals surface area contributed by atoms with Crippen molar-refractivity contribution >= 4 is 24.1 Å². The van der Waals surface area contributed by atoms with Crippen molar-refractivity contribution in [3.8, 4) is 0 Å². The molecule has 1 saturated heterocycles. The van der Waals surface area contributed by atoms with Crippen molar-refractivity contribution in [2.45, 2.75) is 45.7 Å². The molecule has 1 rings (SSSR count). The van der Waals surface area contributed by atoms with Gasteiger partial charge in [-0.3, -0.25) is 19.2 Å². The van der Waals surface area contributed by atoms with Gasteiger partial charge in [0, 0.05) is 25.7 Å². The summed E-state index contributed by atoms with van der Waals surface area (Å²) in [6.07, 6.45) is 3.53. The van der Waals surface area contributed by atoms with Gasteiger partial charge in [0.05, 0.1) is 19.2 Å². The van der Waals surface area contributed by atoms with Crippen LogP contribution in [0.15, 0.2) is 11.6 Å². The highest BCUT2D eigenvalue weighted by molar-refractivity contribution is 5.97. The average molecular weight is 396 g/mol. The number of nitrogens with zero attached hydrogens (tertiary/aromatic N) is 2. The number of nitrogens with one attached hydrogen (secondary N) is 2. The van der Waals surface area contributed by atoms with Gasteiger partial charge in [-0.2, -0.15) is 0 Å². The van der Waals surface area contributed by atoms with Crippen molar-refractivity contribution < 1.29 is 24.3 Å². The molecule has 9 heteroatoms. The maximum atomic E-state index is 12.9. The van der Waals surface area contributed by atoms with Gasteiger partial charge in [-0.1, -0.05) is 19.9 Å². The van der Waals surface area contributed by atoms with E-state index in [2.05, 4.69) is 10.6 Å². The van der Waals surface area contributed by atoms with Crippen molar-refractivity contribution in [2.24, 2.45) is 5.92 Å². The lowest BCUT2D eigenvalue weighted by molar-refractivity contribution is -0.135. The van der Waals surface area contributed by atoms with Crippen LogP contribution >= 0.6 is 0 Å². The molecule has 28 heavy (non-hydrogen) atoms. The number of likely N-dealkylation sites (N-methyl/N-ethyl adjacent to an activating group) is 1. The Morgan fingerprint density at radius 1 is 1.32 bits per heavy atom. The van der Waals surface area contributed by atoms with Crippen molar-refractivity contribution in [3.05, 3.63) is 11.6 Å². The minimum absolute atomic E-state index is 0.0511. The molecule has 1 aliphatic heterocycles. The van der Waals surface area contributed by atoms with Gasteiger partial charge in [-0.05, 0) is 25.7 Å². The second kappa shape index (κ2) is 11.4. The minimum atomic E-state index is -0.545. The molecule has 9 nitrogen and oxygen atoms in total. The van der Waals surface area contributed by atoms with E-state index < -0.39 is 6.04 Å². The lowest BCUT2D eigenvalue weighted by Gasteiger charge is -2.30. The van der Waals surface area contributed by atoms with Crippen molar-refractivity contribution in [1.82, 2.24) is 20.4 Å². The summed E-state index contributed by atoms with van der Waals surface area (Å²) >= 11 is 0. The van der Waals surface area contributed by atoms with Crippen molar-refractivity contribution in [1.29, 1.82) is 0 Å². The van der Waals surface area contributed by atoms with E-state index in [1.807, 2.05) is 13.8 Å². The molecule has 0 saturated carbocycles. The highest BCUT2D eigenvalue weighted by atomic mass is 16.3. The Balaban J connectivity index is 2.92. The number of rotatable bonds is 10. The number of amides is 4. The molecule has 0 radical (unpaired) electrons. The number of aliphatic hydroxyl groups excluding tert-OH is 1.